The molecule has 4 rings (SSSR count). The minimum absolute atomic E-state index is 0.0675. The van der Waals surface area contributed by atoms with Crippen molar-refractivity contribution in [1.29, 1.82) is 0 Å². The second-order valence-corrected chi connectivity index (χ2v) is 7.37. The lowest BCUT2D eigenvalue weighted by atomic mass is 9.72. The van der Waals surface area contributed by atoms with E-state index < -0.39 is 0 Å². The molecule has 1 aromatic carbocycles. The second kappa shape index (κ2) is 7.32. The van der Waals surface area contributed by atoms with Crippen LogP contribution in [-0.4, -0.2) is 37.4 Å². The van der Waals surface area contributed by atoms with E-state index in [1.807, 2.05) is 6.07 Å². The van der Waals surface area contributed by atoms with Gasteiger partial charge >= 0.3 is 0 Å². The maximum absolute atomic E-state index is 12.6. The highest BCUT2D eigenvalue weighted by molar-refractivity contribution is 5.77. The van der Waals surface area contributed by atoms with E-state index in [-0.39, 0.29) is 35.4 Å². The Hall–Kier alpha value is -2.38. The number of hydrogen-bond acceptors (Lipinski definition) is 5. The molecule has 1 fully saturated rings. The molecule has 0 bridgehead atoms. The first-order valence-electron chi connectivity index (χ1n) is 9.44. The molecule has 2 aromatic rings. The number of aromatic nitrogens is 1. The average Bonchev–Trinajstić information content (AvgIpc) is 3.21. The summed E-state index contributed by atoms with van der Waals surface area (Å²) in [5.74, 6) is 0.409. The Morgan fingerprint density at radius 3 is 2.81 bits per heavy atom. The molecule has 0 unspecified atom stereocenters. The lowest BCUT2D eigenvalue weighted by Crippen LogP contribution is -2.49. The molecule has 2 heterocycles. The molecule has 1 aromatic heterocycles. The van der Waals surface area contributed by atoms with Gasteiger partial charge in [0.1, 0.15) is 5.76 Å². The maximum Gasteiger partial charge on any atom is 0.280 e. The van der Waals surface area contributed by atoms with Crippen LogP contribution in [0.1, 0.15) is 42.2 Å². The SMILES string of the molecule is CO[C@@H]1[C@@H](NC(=O)CCc2cc(=O)[nH]o2)c2ccccc2C12CCNCC2. The first-order valence-corrected chi connectivity index (χ1v) is 9.44. The fourth-order valence-electron chi connectivity index (χ4n) is 4.73. The van der Waals surface area contributed by atoms with Crippen LogP contribution < -0.4 is 16.2 Å². The highest BCUT2D eigenvalue weighted by Gasteiger charge is 2.53. The van der Waals surface area contributed by atoms with Crippen molar-refractivity contribution in [2.75, 3.05) is 20.2 Å². The highest BCUT2D eigenvalue weighted by atomic mass is 16.5. The van der Waals surface area contributed by atoms with E-state index in [2.05, 4.69) is 34.0 Å². The molecule has 7 heteroatoms. The summed E-state index contributed by atoms with van der Waals surface area (Å²) in [6, 6.07) is 9.55. The topological polar surface area (TPSA) is 96.4 Å². The zero-order valence-electron chi connectivity index (χ0n) is 15.4. The van der Waals surface area contributed by atoms with Gasteiger partial charge in [0.15, 0.2) is 0 Å². The molecule has 2 aliphatic rings. The Bertz CT molecular complexity index is 866. The Balaban J connectivity index is 1.54. The molecule has 1 aliphatic heterocycles. The van der Waals surface area contributed by atoms with Crippen molar-refractivity contribution in [2.45, 2.75) is 43.2 Å². The lowest BCUT2D eigenvalue weighted by molar-refractivity contribution is -0.123. The number of hydrogen-bond donors (Lipinski definition) is 3. The van der Waals surface area contributed by atoms with Gasteiger partial charge in [0.05, 0.1) is 12.1 Å². The molecule has 1 spiro atoms. The van der Waals surface area contributed by atoms with E-state index >= 15 is 0 Å². The molecule has 144 valence electrons. The number of fused-ring (bicyclic) bond motifs is 2. The van der Waals surface area contributed by atoms with E-state index in [1.165, 1.54) is 11.6 Å². The van der Waals surface area contributed by atoms with Gasteiger partial charge in [-0.15, -0.1) is 0 Å². The minimum Gasteiger partial charge on any atom is -0.384 e. The summed E-state index contributed by atoms with van der Waals surface area (Å²) in [6.45, 7) is 1.89. The number of piperidine rings is 1. The maximum atomic E-state index is 12.6. The lowest BCUT2D eigenvalue weighted by Gasteiger charge is -2.40. The molecule has 1 amide bonds. The van der Waals surface area contributed by atoms with Gasteiger partial charge in [0.2, 0.25) is 5.91 Å². The fraction of sp³-hybridized carbons (Fsp3) is 0.500. The number of ether oxygens (including phenoxy) is 1. The number of amides is 1. The smallest absolute Gasteiger partial charge is 0.280 e. The van der Waals surface area contributed by atoms with Crippen LogP contribution in [0.25, 0.3) is 0 Å². The van der Waals surface area contributed by atoms with E-state index in [9.17, 15) is 9.59 Å². The van der Waals surface area contributed by atoms with Crippen LogP contribution in [-0.2, 0) is 21.4 Å². The van der Waals surface area contributed by atoms with Crippen LogP contribution in [0.5, 0.6) is 0 Å². The molecular weight excluding hydrogens is 346 g/mol. The van der Waals surface area contributed by atoms with Gasteiger partial charge in [0, 0.05) is 31.4 Å². The van der Waals surface area contributed by atoms with Gasteiger partial charge < -0.3 is 19.9 Å². The first-order chi connectivity index (χ1) is 13.1. The Labute approximate surface area is 157 Å². The number of carbonyl (C=O) groups is 1. The van der Waals surface area contributed by atoms with Crippen LogP contribution in [0, 0.1) is 0 Å². The average molecular weight is 371 g/mol. The number of aryl methyl sites for hydroxylation is 1. The monoisotopic (exact) mass is 371 g/mol. The summed E-state index contributed by atoms with van der Waals surface area (Å²) in [4.78, 5) is 23.7. The molecular formula is C20H25N3O4. The van der Waals surface area contributed by atoms with Crippen molar-refractivity contribution >= 4 is 5.91 Å². The van der Waals surface area contributed by atoms with Gasteiger partial charge in [-0.1, -0.05) is 24.3 Å². The number of methoxy groups -OCH3 is 1. The highest BCUT2D eigenvalue weighted by Crippen LogP contribution is 2.51. The van der Waals surface area contributed by atoms with Gasteiger partial charge in [-0.05, 0) is 37.1 Å². The molecule has 2 atom stereocenters. The first kappa shape index (κ1) is 18.0. The Morgan fingerprint density at radius 1 is 1.33 bits per heavy atom. The third-order valence-electron chi connectivity index (χ3n) is 5.92. The zero-order chi connectivity index (χ0) is 18.9. The van der Waals surface area contributed by atoms with Gasteiger partial charge in [-0.25, -0.2) is 0 Å². The standard InChI is InChI=1S/C20H25N3O4/c1-26-19-18(22-16(24)7-6-13-12-17(25)23-27-13)14-4-2-3-5-15(14)20(19)8-10-21-11-9-20/h2-5,12,18-19,21H,6-11H2,1H3,(H,22,24)(H,23,25)/t18-,19+/m0/s1. The summed E-state index contributed by atoms with van der Waals surface area (Å²) in [5, 5.41) is 8.84. The van der Waals surface area contributed by atoms with Crippen molar-refractivity contribution in [1.82, 2.24) is 15.8 Å². The third-order valence-corrected chi connectivity index (χ3v) is 5.92. The van der Waals surface area contributed by atoms with Crippen LogP contribution in [0.2, 0.25) is 0 Å². The largest absolute Gasteiger partial charge is 0.384 e. The summed E-state index contributed by atoms with van der Waals surface area (Å²) in [7, 11) is 1.73. The Morgan fingerprint density at radius 2 is 2.11 bits per heavy atom. The third kappa shape index (κ3) is 3.21. The summed E-state index contributed by atoms with van der Waals surface area (Å²) in [5.41, 5.74) is 2.08. The number of nitrogens with one attached hydrogen (secondary N) is 3. The van der Waals surface area contributed by atoms with Crippen molar-refractivity contribution in [3.8, 4) is 0 Å². The zero-order valence-corrected chi connectivity index (χ0v) is 15.4. The van der Waals surface area contributed by atoms with E-state index in [4.69, 9.17) is 9.26 Å². The number of aromatic amines is 1. The number of H-pyrrole nitrogens is 1. The van der Waals surface area contributed by atoms with Crippen LogP contribution in [0.15, 0.2) is 39.6 Å². The molecule has 0 radical (unpaired) electrons. The van der Waals surface area contributed by atoms with E-state index in [0.29, 0.717) is 12.2 Å². The Kier molecular flexibility index (Phi) is 4.88. The van der Waals surface area contributed by atoms with Crippen LogP contribution >= 0.6 is 0 Å². The van der Waals surface area contributed by atoms with Crippen LogP contribution in [0.3, 0.4) is 0 Å². The number of rotatable bonds is 5. The molecule has 0 saturated carbocycles. The fourth-order valence-corrected chi connectivity index (χ4v) is 4.73. The van der Waals surface area contributed by atoms with Crippen molar-refractivity contribution in [3.63, 3.8) is 0 Å². The van der Waals surface area contributed by atoms with E-state index in [0.717, 1.165) is 31.5 Å². The molecule has 27 heavy (non-hydrogen) atoms. The summed E-state index contributed by atoms with van der Waals surface area (Å²) in [6.07, 6.45) is 2.52. The molecule has 3 N–H and O–H groups in total. The van der Waals surface area contributed by atoms with Gasteiger partial charge in [0.25, 0.3) is 5.56 Å². The number of carbonyl (C=O) groups excluding carboxylic acids is 1. The molecule has 7 nitrogen and oxygen atoms in total. The summed E-state index contributed by atoms with van der Waals surface area (Å²) >= 11 is 0. The van der Waals surface area contributed by atoms with Crippen molar-refractivity contribution in [3.05, 3.63) is 57.6 Å². The predicted molar refractivity (Wildman–Crippen MR) is 99.6 cm³/mol. The van der Waals surface area contributed by atoms with E-state index in [1.54, 1.807) is 7.11 Å². The summed E-state index contributed by atoms with van der Waals surface area (Å²) < 4.78 is 11.0. The second-order valence-electron chi connectivity index (χ2n) is 7.37. The van der Waals surface area contributed by atoms with Gasteiger partial charge in [-0.2, -0.15) is 5.16 Å². The normalized spacial score (nSPS) is 23.3. The van der Waals surface area contributed by atoms with Crippen molar-refractivity contribution < 1.29 is 14.1 Å². The number of benzene rings is 1. The molecule has 1 aliphatic carbocycles. The molecule has 1 saturated heterocycles. The predicted octanol–water partition coefficient (Wildman–Crippen LogP) is 1.41. The van der Waals surface area contributed by atoms with Crippen LogP contribution in [0.4, 0.5) is 0 Å². The van der Waals surface area contributed by atoms with Crippen molar-refractivity contribution in [2.24, 2.45) is 0 Å². The quantitative estimate of drug-likeness (QED) is 0.738. The minimum atomic E-state index is -0.289. The van der Waals surface area contributed by atoms with Gasteiger partial charge in [-0.3, -0.25) is 9.59 Å².